The maximum Gasteiger partial charge on any atom is 0.350 e. The number of nitrogens with zero attached hydrogens (tertiary/aromatic N) is 2. The van der Waals surface area contributed by atoms with E-state index in [0.29, 0.717) is 85.8 Å². The highest BCUT2D eigenvalue weighted by Gasteiger charge is 2.40. The Morgan fingerprint density at radius 3 is 1.60 bits per heavy atom. The molecule has 2 aliphatic rings. The van der Waals surface area contributed by atoms with E-state index in [9.17, 15) is 14.9 Å². The van der Waals surface area contributed by atoms with Gasteiger partial charge in [0.25, 0.3) is 5.70 Å². The molecule has 0 fully saturated rings. The average molecular weight is 741 g/mol. The van der Waals surface area contributed by atoms with Crippen LogP contribution >= 0.6 is 47.0 Å². The van der Waals surface area contributed by atoms with Crippen molar-refractivity contribution in [3.05, 3.63) is 31.2 Å². The Balaban J connectivity index is 1.95. The number of hydrogen-bond acceptors (Lipinski definition) is 15. The van der Waals surface area contributed by atoms with E-state index in [1.54, 1.807) is 0 Å². The molecule has 16 heteroatoms. The van der Waals surface area contributed by atoms with E-state index in [1.165, 1.54) is 47.0 Å². The highest BCUT2D eigenvalue weighted by molar-refractivity contribution is 8.26. The first-order valence-corrected chi connectivity index (χ1v) is 18.8. The second kappa shape index (κ2) is 22.2. The van der Waals surface area contributed by atoms with Crippen LogP contribution < -0.4 is 9.47 Å². The van der Waals surface area contributed by atoms with Gasteiger partial charge in [0, 0.05) is 19.8 Å². The van der Waals surface area contributed by atoms with E-state index in [1.807, 2.05) is 33.8 Å². The number of benzene rings is 1. The molecule has 1 aromatic rings. The van der Waals surface area contributed by atoms with Crippen LogP contribution in [0.15, 0.2) is 39.3 Å². The van der Waals surface area contributed by atoms with E-state index < -0.39 is 11.9 Å². The lowest BCUT2D eigenvalue weighted by Gasteiger charge is -2.18. The molecule has 0 amide bonds. The normalized spacial score (nSPS) is 15.2. The lowest BCUT2D eigenvalue weighted by atomic mass is 10.3. The molecule has 0 saturated carbocycles. The van der Waals surface area contributed by atoms with E-state index in [2.05, 4.69) is 4.85 Å². The number of hydrogen-bond donors (Lipinski definition) is 0. The summed E-state index contributed by atoms with van der Waals surface area (Å²) in [7, 11) is 0. The molecule has 0 saturated heterocycles. The van der Waals surface area contributed by atoms with Gasteiger partial charge in [-0.1, -0.05) is 60.9 Å². The van der Waals surface area contributed by atoms with Gasteiger partial charge in [-0.3, -0.25) is 4.79 Å². The number of ether oxygens (including phenoxy) is 8. The summed E-state index contributed by atoms with van der Waals surface area (Å²) in [5, 5.41) is 10.0. The van der Waals surface area contributed by atoms with Gasteiger partial charge in [-0.15, -0.1) is 0 Å². The number of esters is 2. The Morgan fingerprint density at radius 2 is 1.08 bits per heavy atom. The van der Waals surface area contributed by atoms with Crippen LogP contribution in [0.2, 0.25) is 0 Å². The molecule has 2 aliphatic heterocycles. The monoisotopic (exact) mass is 740 g/mol. The molecular weight excluding hydrogens is 701 g/mol. The molecule has 0 bridgehead atoms. The number of rotatable bonds is 22. The zero-order valence-corrected chi connectivity index (χ0v) is 30.8. The summed E-state index contributed by atoms with van der Waals surface area (Å²) in [6.07, 6.45) is 1.57. The van der Waals surface area contributed by atoms with Crippen molar-refractivity contribution in [2.45, 2.75) is 60.1 Å². The van der Waals surface area contributed by atoms with Gasteiger partial charge >= 0.3 is 11.9 Å². The first kappa shape index (κ1) is 39.9. The molecule has 1 aromatic carbocycles. The van der Waals surface area contributed by atoms with Crippen LogP contribution in [0, 0.1) is 17.9 Å². The molecule has 48 heavy (non-hydrogen) atoms. The van der Waals surface area contributed by atoms with Crippen molar-refractivity contribution >= 4 is 59.0 Å². The second-order valence-electron chi connectivity index (χ2n) is 9.49. The van der Waals surface area contributed by atoms with Crippen molar-refractivity contribution in [3.8, 4) is 17.6 Å². The maximum atomic E-state index is 13.0. The number of fused-ring (bicyclic) bond motifs is 2. The Labute approximate surface area is 298 Å². The smallest absolute Gasteiger partial charge is 0.350 e. The number of carbonyl (C=O) groups is 2. The van der Waals surface area contributed by atoms with Gasteiger partial charge in [-0.25, -0.2) is 9.64 Å². The van der Waals surface area contributed by atoms with Crippen molar-refractivity contribution in [1.82, 2.24) is 0 Å². The summed E-state index contributed by atoms with van der Waals surface area (Å²) < 4.78 is 45.6. The first-order chi connectivity index (χ1) is 23.4. The standard InChI is InChI=1S/C32H40N2O10S4/c1-6-10-39-15-19-44-30(36)22(34-5)32-47-27-23(41-11-7-2)25-26(24(28(27)48-32)42-17-14-38-9-4)46-31(45-25)21(20-33)29(35)43-18-16-40-13-12-37-8-3/h6-19H2,1-4H3/b31-21+,32-22+. The molecule has 0 N–H and O–H groups in total. The highest BCUT2D eigenvalue weighted by Crippen LogP contribution is 2.68. The van der Waals surface area contributed by atoms with Crippen LogP contribution in [0.1, 0.15) is 40.5 Å². The molecular formula is C32H40N2O10S4. The summed E-state index contributed by atoms with van der Waals surface area (Å²) in [5.74, 6) is -0.480. The molecule has 2 heterocycles. The minimum atomic E-state index is -0.759. The number of carbonyl (C=O) groups excluding carboxylic acids is 2. The molecule has 0 spiro atoms. The molecule has 0 aliphatic carbocycles. The van der Waals surface area contributed by atoms with E-state index >= 15 is 0 Å². The molecule has 12 nitrogen and oxygen atoms in total. The van der Waals surface area contributed by atoms with Crippen LogP contribution in [0.3, 0.4) is 0 Å². The fourth-order valence-corrected chi connectivity index (χ4v) is 9.27. The molecule has 0 aromatic heterocycles. The van der Waals surface area contributed by atoms with Crippen LogP contribution in [0.25, 0.3) is 4.85 Å². The van der Waals surface area contributed by atoms with E-state index in [-0.39, 0.29) is 44.3 Å². The predicted molar refractivity (Wildman–Crippen MR) is 184 cm³/mol. The third kappa shape index (κ3) is 11.2. The van der Waals surface area contributed by atoms with E-state index in [4.69, 9.17) is 44.5 Å². The van der Waals surface area contributed by atoms with Gasteiger partial charge in [0.2, 0.25) is 0 Å². The van der Waals surface area contributed by atoms with Gasteiger partial charge in [0.15, 0.2) is 5.57 Å². The Morgan fingerprint density at radius 1 is 0.625 bits per heavy atom. The Kier molecular flexibility index (Phi) is 18.5. The molecule has 0 unspecified atom stereocenters. The van der Waals surface area contributed by atoms with Gasteiger partial charge in [0.1, 0.15) is 37.4 Å². The summed E-state index contributed by atoms with van der Waals surface area (Å²) in [4.78, 5) is 32.1. The molecule has 0 atom stereocenters. The number of nitriles is 1. The summed E-state index contributed by atoms with van der Waals surface area (Å²) in [6, 6.07) is 2.01. The first-order valence-electron chi connectivity index (χ1n) is 15.6. The maximum absolute atomic E-state index is 13.0. The second-order valence-corrected chi connectivity index (χ2v) is 14.1. The zero-order chi connectivity index (χ0) is 34.7. The predicted octanol–water partition coefficient (Wildman–Crippen LogP) is 6.68. The van der Waals surface area contributed by atoms with Gasteiger partial charge in [-0.2, -0.15) is 5.26 Å². The van der Waals surface area contributed by atoms with Crippen molar-refractivity contribution < 1.29 is 47.5 Å². The minimum Gasteiger partial charge on any atom is -0.491 e. The fourth-order valence-electron chi connectivity index (χ4n) is 3.90. The highest BCUT2D eigenvalue weighted by atomic mass is 32.2. The molecule has 262 valence electrons. The quantitative estimate of drug-likeness (QED) is 0.0411. The SMILES string of the molecule is [C-]#[N+]/C(C(=O)OCCOCCC)=C1\Sc2c(OCCC)c3c(c(OCCOCC)c2S1)S/C(=C(\C#N)C(=O)OCCOCCOCC)S3. The van der Waals surface area contributed by atoms with Crippen LogP contribution in [-0.2, 0) is 38.0 Å². The fraction of sp³-hybridized carbons (Fsp3) is 0.562. The summed E-state index contributed by atoms with van der Waals surface area (Å²) >= 11 is 4.89. The van der Waals surface area contributed by atoms with Crippen molar-refractivity contribution in [2.75, 3.05) is 79.3 Å². The lowest BCUT2D eigenvalue weighted by Crippen LogP contribution is -2.14. The largest absolute Gasteiger partial charge is 0.491 e. The van der Waals surface area contributed by atoms with Gasteiger partial charge < -0.3 is 37.9 Å². The third-order valence-electron chi connectivity index (χ3n) is 6.01. The zero-order valence-electron chi connectivity index (χ0n) is 27.5. The van der Waals surface area contributed by atoms with Gasteiger partial charge in [-0.05, 0) is 26.7 Å². The Hall–Kier alpha value is -2.54. The van der Waals surface area contributed by atoms with Crippen molar-refractivity contribution in [2.24, 2.45) is 0 Å². The third-order valence-corrected chi connectivity index (χ3v) is 11.2. The topological polar surface area (TPSA) is 136 Å². The lowest BCUT2D eigenvalue weighted by molar-refractivity contribution is -0.141. The van der Waals surface area contributed by atoms with Gasteiger partial charge in [0.05, 0.1) is 74.3 Å². The molecule has 0 radical (unpaired) electrons. The summed E-state index contributed by atoms with van der Waals surface area (Å²) in [6.45, 7) is 19.4. The van der Waals surface area contributed by atoms with Crippen LogP contribution in [0.5, 0.6) is 11.5 Å². The average Bonchev–Trinajstić information content (AvgIpc) is 3.71. The van der Waals surface area contributed by atoms with Crippen molar-refractivity contribution in [1.29, 1.82) is 5.26 Å². The number of thioether (sulfide) groups is 4. The van der Waals surface area contributed by atoms with Crippen molar-refractivity contribution in [3.63, 3.8) is 0 Å². The minimum absolute atomic E-state index is 0.0172. The van der Waals surface area contributed by atoms with E-state index in [0.717, 1.165) is 12.8 Å². The molecule has 3 rings (SSSR count). The van der Waals surface area contributed by atoms with Crippen LogP contribution in [-0.4, -0.2) is 91.2 Å². The van der Waals surface area contributed by atoms with Crippen LogP contribution in [0.4, 0.5) is 0 Å². The summed E-state index contributed by atoms with van der Waals surface area (Å²) in [5.41, 5.74) is -0.282. The Bertz CT molecular complexity index is 1420.